The van der Waals surface area contributed by atoms with Crippen LogP contribution in [0.2, 0.25) is 10.0 Å². The van der Waals surface area contributed by atoms with Crippen LogP contribution in [0.3, 0.4) is 0 Å². The number of aromatic carboxylic acids is 1. The van der Waals surface area contributed by atoms with E-state index >= 15 is 0 Å². The molecule has 0 saturated heterocycles. The summed E-state index contributed by atoms with van der Waals surface area (Å²) in [6.45, 7) is 0. The summed E-state index contributed by atoms with van der Waals surface area (Å²) < 4.78 is 67.1. The Kier molecular flexibility index (Phi) is 5.93. The standard InChI is InChI=1S/C17H9Cl2F5O2/c18-12-6-9(7-13(19)15(12)21)11(17(22,23)24)4-2-8-1-3-10(16(25)26)14(20)5-8/h1-7,11H,(H,25,26). The number of benzene rings is 2. The number of allylic oxidation sites excluding steroid dienone is 1. The second kappa shape index (κ2) is 7.63. The average molecular weight is 411 g/mol. The lowest BCUT2D eigenvalue weighted by Gasteiger charge is -2.18. The molecule has 0 amide bonds. The van der Waals surface area contributed by atoms with Crippen LogP contribution in [0.4, 0.5) is 22.0 Å². The highest BCUT2D eigenvalue weighted by Crippen LogP contribution is 2.39. The average Bonchev–Trinajstić information content (AvgIpc) is 2.51. The summed E-state index contributed by atoms with van der Waals surface area (Å²) in [7, 11) is 0. The molecule has 0 saturated carbocycles. The Morgan fingerprint density at radius 2 is 1.65 bits per heavy atom. The quantitative estimate of drug-likeness (QED) is 0.472. The molecule has 0 spiro atoms. The molecule has 0 fully saturated rings. The Balaban J connectivity index is 2.42. The van der Waals surface area contributed by atoms with E-state index in [1.807, 2.05) is 0 Å². The maximum Gasteiger partial charge on any atom is 0.399 e. The molecule has 1 atom stereocenters. The Hall–Kier alpha value is -2.12. The van der Waals surface area contributed by atoms with Crippen LogP contribution in [0.25, 0.3) is 6.08 Å². The van der Waals surface area contributed by atoms with Crippen molar-refractivity contribution in [1.29, 1.82) is 0 Å². The number of halogens is 7. The van der Waals surface area contributed by atoms with Crippen LogP contribution in [-0.4, -0.2) is 17.3 Å². The fourth-order valence-corrected chi connectivity index (χ4v) is 2.68. The summed E-state index contributed by atoms with van der Waals surface area (Å²) in [5, 5.41) is 7.62. The third-order valence-electron chi connectivity index (χ3n) is 3.42. The smallest absolute Gasteiger partial charge is 0.399 e. The predicted octanol–water partition coefficient (Wildman–Crippen LogP) is 6.33. The fraction of sp³-hybridized carbons (Fsp3) is 0.118. The zero-order chi connectivity index (χ0) is 19.6. The number of rotatable bonds is 4. The van der Waals surface area contributed by atoms with Gasteiger partial charge in [-0.2, -0.15) is 13.2 Å². The number of hydrogen-bond donors (Lipinski definition) is 1. The van der Waals surface area contributed by atoms with Gasteiger partial charge >= 0.3 is 12.1 Å². The molecule has 0 aliphatic carbocycles. The largest absolute Gasteiger partial charge is 0.478 e. The van der Waals surface area contributed by atoms with Gasteiger partial charge in [0, 0.05) is 0 Å². The van der Waals surface area contributed by atoms with Crippen LogP contribution in [-0.2, 0) is 0 Å². The Bertz CT molecular complexity index is 855. The van der Waals surface area contributed by atoms with Crippen molar-refractivity contribution in [2.75, 3.05) is 0 Å². The first-order valence-electron chi connectivity index (χ1n) is 6.93. The molecular weight excluding hydrogens is 402 g/mol. The van der Waals surface area contributed by atoms with E-state index in [-0.39, 0.29) is 5.56 Å². The molecular formula is C17H9Cl2F5O2. The van der Waals surface area contributed by atoms with Crippen LogP contribution >= 0.6 is 23.2 Å². The van der Waals surface area contributed by atoms with E-state index in [0.29, 0.717) is 0 Å². The first-order valence-corrected chi connectivity index (χ1v) is 7.68. The van der Waals surface area contributed by atoms with Gasteiger partial charge in [-0.15, -0.1) is 0 Å². The molecule has 2 rings (SSSR count). The van der Waals surface area contributed by atoms with E-state index in [9.17, 15) is 26.7 Å². The number of carboxylic acid groups (broad SMARTS) is 1. The Labute approximate surface area is 154 Å². The van der Waals surface area contributed by atoms with Crippen LogP contribution in [0.15, 0.2) is 36.4 Å². The molecule has 9 heteroatoms. The normalized spacial score (nSPS) is 13.2. The van der Waals surface area contributed by atoms with Crippen molar-refractivity contribution in [2.24, 2.45) is 0 Å². The molecule has 26 heavy (non-hydrogen) atoms. The van der Waals surface area contributed by atoms with Gasteiger partial charge in [-0.3, -0.25) is 0 Å². The number of hydrogen-bond acceptors (Lipinski definition) is 1. The molecule has 1 unspecified atom stereocenters. The summed E-state index contributed by atoms with van der Waals surface area (Å²) in [4.78, 5) is 10.7. The molecule has 0 aliphatic rings. The van der Waals surface area contributed by atoms with Crippen molar-refractivity contribution in [3.8, 4) is 0 Å². The number of carbonyl (C=O) groups is 1. The van der Waals surface area contributed by atoms with Crippen molar-refractivity contribution in [2.45, 2.75) is 12.1 Å². The number of carboxylic acids is 1. The topological polar surface area (TPSA) is 37.3 Å². The van der Waals surface area contributed by atoms with Crippen LogP contribution in [0.1, 0.15) is 27.4 Å². The van der Waals surface area contributed by atoms with E-state index in [2.05, 4.69) is 0 Å². The zero-order valence-corrected chi connectivity index (χ0v) is 14.1. The first kappa shape index (κ1) is 20.2. The van der Waals surface area contributed by atoms with Gasteiger partial charge in [0.25, 0.3) is 0 Å². The minimum absolute atomic E-state index is 0.0149. The van der Waals surface area contributed by atoms with E-state index < -0.39 is 50.9 Å². The number of alkyl halides is 3. The van der Waals surface area contributed by atoms with E-state index in [1.54, 1.807) is 0 Å². The molecule has 138 valence electrons. The Morgan fingerprint density at radius 3 is 2.12 bits per heavy atom. The van der Waals surface area contributed by atoms with E-state index in [0.717, 1.165) is 42.5 Å². The lowest BCUT2D eigenvalue weighted by molar-refractivity contribution is -0.139. The molecule has 0 bridgehead atoms. The second-order valence-electron chi connectivity index (χ2n) is 5.22. The molecule has 0 aromatic heterocycles. The molecule has 1 N–H and O–H groups in total. The van der Waals surface area contributed by atoms with Crippen molar-refractivity contribution < 1.29 is 31.9 Å². The lowest BCUT2D eigenvalue weighted by atomic mass is 9.96. The van der Waals surface area contributed by atoms with Gasteiger partial charge < -0.3 is 5.11 Å². The van der Waals surface area contributed by atoms with Crippen molar-refractivity contribution >= 4 is 35.2 Å². The highest BCUT2D eigenvalue weighted by atomic mass is 35.5. The second-order valence-corrected chi connectivity index (χ2v) is 6.04. The SMILES string of the molecule is O=C(O)c1ccc(C=CC(c2cc(Cl)c(F)c(Cl)c2)C(F)(F)F)cc1F. The molecule has 0 aliphatic heterocycles. The van der Waals surface area contributed by atoms with Gasteiger partial charge in [-0.1, -0.05) is 41.4 Å². The highest BCUT2D eigenvalue weighted by Gasteiger charge is 2.39. The van der Waals surface area contributed by atoms with Crippen LogP contribution in [0, 0.1) is 11.6 Å². The fourth-order valence-electron chi connectivity index (χ4n) is 2.18. The van der Waals surface area contributed by atoms with Crippen molar-refractivity contribution in [3.63, 3.8) is 0 Å². The Morgan fingerprint density at radius 1 is 1.08 bits per heavy atom. The molecule has 0 radical (unpaired) electrons. The maximum atomic E-state index is 13.6. The molecule has 2 aromatic carbocycles. The van der Waals surface area contributed by atoms with Gasteiger partial charge in [0.2, 0.25) is 0 Å². The maximum absolute atomic E-state index is 13.6. The monoisotopic (exact) mass is 410 g/mol. The van der Waals surface area contributed by atoms with Gasteiger partial charge in [0.15, 0.2) is 5.82 Å². The summed E-state index contributed by atoms with van der Waals surface area (Å²) in [6.07, 6.45) is -3.06. The molecule has 2 aromatic rings. The summed E-state index contributed by atoms with van der Waals surface area (Å²) in [5.41, 5.74) is -0.986. The van der Waals surface area contributed by atoms with Gasteiger partial charge in [0.05, 0.1) is 21.5 Å². The zero-order valence-electron chi connectivity index (χ0n) is 12.6. The summed E-state index contributed by atoms with van der Waals surface area (Å²) in [5.74, 6) is -5.80. The van der Waals surface area contributed by atoms with E-state index in [1.165, 1.54) is 0 Å². The van der Waals surface area contributed by atoms with Crippen molar-refractivity contribution in [1.82, 2.24) is 0 Å². The first-order chi connectivity index (χ1) is 12.0. The van der Waals surface area contributed by atoms with Gasteiger partial charge in [-0.25, -0.2) is 13.6 Å². The highest BCUT2D eigenvalue weighted by molar-refractivity contribution is 6.35. The van der Waals surface area contributed by atoms with E-state index in [4.69, 9.17) is 28.3 Å². The van der Waals surface area contributed by atoms with Crippen LogP contribution in [0.5, 0.6) is 0 Å². The van der Waals surface area contributed by atoms with Crippen LogP contribution < -0.4 is 0 Å². The molecule has 2 nitrogen and oxygen atoms in total. The minimum atomic E-state index is -4.75. The minimum Gasteiger partial charge on any atom is -0.478 e. The van der Waals surface area contributed by atoms with Gasteiger partial charge in [0.1, 0.15) is 5.82 Å². The molecule has 0 heterocycles. The summed E-state index contributed by atoms with van der Waals surface area (Å²) >= 11 is 11.1. The third kappa shape index (κ3) is 4.53. The summed E-state index contributed by atoms with van der Waals surface area (Å²) in [6, 6.07) is 4.49. The van der Waals surface area contributed by atoms with Gasteiger partial charge in [-0.05, 0) is 35.4 Å². The lowest BCUT2D eigenvalue weighted by Crippen LogP contribution is -2.19. The third-order valence-corrected chi connectivity index (χ3v) is 3.97. The predicted molar refractivity (Wildman–Crippen MR) is 87.6 cm³/mol. The van der Waals surface area contributed by atoms with Crippen molar-refractivity contribution in [3.05, 3.63) is 74.8 Å².